The van der Waals surface area contributed by atoms with Crippen molar-refractivity contribution in [3.63, 3.8) is 0 Å². The van der Waals surface area contributed by atoms with Gasteiger partial charge in [-0.05, 0) is 43.7 Å². The molecule has 4 aromatic rings. The molecule has 0 amide bonds. The van der Waals surface area contributed by atoms with Gasteiger partial charge in [-0.3, -0.25) is 0 Å². The highest BCUT2D eigenvalue weighted by Crippen LogP contribution is 2.26. The molecule has 0 radical (unpaired) electrons. The summed E-state index contributed by atoms with van der Waals surface area (Å²) in [5.74, 6) is 1.38. The molecule has 4 rings (SSSR count). The lowest BCUT2D eigenvalue weighted by atomic mass is 10.1. The van der Waals surface area contributed by atoms with Crippen molar-refractivity contribution in [3.05, 3.63) is 78.1 Å². The number of nitrogens with zero attached hydrogens (tertiary/aromatic N) is 5. The highest BCUT2D eigenvalue weighted by atomic mass is 35.5. The van der Waals surface area contributed by atoms with Crippen LogP contribution in [0, 0.1) is 6.92 Å². The molecule has 0 bridgehead atoms. The number of nitrogens with one attached hydrogen (secondary N) is 2. The van der Waals surface area contributed by atoms with Crippen LogP contribution in [0.5, 0.6) is 0 Å². The molecule has 30 heavy (non-hydrogen) atoms. The number of hydrogen-bond donors (Lipinski definition) is 2. The Morgan fingerprint density at radius 3 is 2.80 bits per heavy atom. The molecule has 3 aromatic heterocycles. The molecule has 0 spiro atoms. The molecular weight excluding hydrogens is 398 g/mol. The van der Waals surface area contributed by atoms with Crippen molar-refractivity contribution in [1.29, 1.82) is 0 Å². The smallest absolute Gasteiger partial charge is 0.227 e. The van der Waals surface area contributed by atoms with Gasteiger partial charge in [0.1, 0.15) is 5.82 Å². The molecule has 152 valence electrons. The van der Waals surface area contributed by atoms with Gasteiger partial charge in [-0.25, -0.2) is 19.9 Å². The number of aromatic nitrogens is 5. The van der Waals surface area contributed by atoms with Crippen molar-refractivity contribution < 1.29 is 0 Å². The van der Waals surface area contributed by atoms with E-state index < -0.39 is 0 Å². The molecule has 1 aromatic carbocycles. The number of hydrogen-bond acceptors (Lipinski definition) is 6. The Kier molecular flexibility index (Phi) is 6.20. The number of anilines is 3. The lowest BCUT2D eigenvalue weighted by Gasteiger charge is -2.13. The van der Waals surface area contributed by atoms with E-state index in [1.807, 2.05) is 55.8 Å². The van der Waals surface area contributed by atoms with E-state index in [4.69, 9.17) is 11.6 Å². The lowest BCUT2D eigenvalue weighted by Crippen LogP contribution is -2.08. The molecule has 7 nitrogen and oxygen atoms in total. The molecule has 0 aliphatic carbocycles. The van der Waals surface area contributed by atoms with E-state index in [1.54, 1.807) is 18.6 Å². The second-order valence-corrected chi connectivity index (χ2v) is 7.25. The molecule has 0 unspecified atom stereocenters. The van der Waals surface area contributed by atoms with Crippen molar-refractivity contribution >= 4 is 29.1 Å². The molecular formula is C22H22ClN7. The predicted octanol–water partition coefficient (Wildman–Crippen LogP) is 4.94. The zero-order valence-electron chi connectivity index (χ0n) is 16.6. The quantitative estimate of drug-likeness (QED) is 0.393. The first-order valence-electron chi connectivity index (χ1n) is 9.70. The van der Waals surface area contributed by atoms with E-state index in [2.05, 4.69) is 35.1 Å². The normalized spacial score (nSPS) is 10.7. The molecule has 2 N–H and O–H groups in total. The first-order valence-corrected chi connectivity index (χ1v) is 10.1. The predicted molar refractivity (Wildman–Crippen MR) is 120 cm³/mol. The van der Waals surface area contributed by atoms with Crippen molar-refractivity contribution in [2.45, 2.75) is 19.9 Å². The number of halogens is 1. The van der Waals surface area contributed by atoms with Crippen LogP contribution in [0.2, 0.25) is 5.02 Å². The third-order valence-electron chi connectivity index (χ3n) is 4.66. The Morgan fingerprint density at radius 2 is 1.97 bits per heavy atom. The fourth-order valence-corrected chi connectivity index (χ4v) is 3.33. The molecule has 8 heteroatoms. The standard InChI is InChI=1S/C22H22ClN7/c1-16-19(6-9-26-21(16)25-8-3-12-30-13-11-24-15-30)20-7-10-27-22(29-20)28-18-5-2-4-17(23)14-18/h2,4-7,9-11,13-15H,3,8,12H2,1H3,(H,25,26)(H,27,28,29). The Morgan fingerprint density at radius 1 is 1.07 bits per heavy atom. The van der Waals surface area contributed by atoms with Crippen LogP contribution in [0.4, 0.5) is 17.5 Å². The Hall–Kier alpha value is -3.45. The minimum atomic E-state index is 0.515. The van der Waals surface area contributed by atoms with Crippen LogP contribution >= 0.6 is 11.6 Å². The van der Waals surface area contributed by atoms with Gasteiger partial charge in [-0.15, -0.1) is 0 Å². The molecule has 0 aliphatic heterocycles. The second-order valence-electron chi connectivity index (χ2n) is 6.81. The van der Waals surface area contributed by atoms with Gasteiger partial charge in [0, 0.05) is 59.7 Å². The fraction of sp³-hybridized carbons (Fsp3) is 0.182. The van der Waals surface area contributed by atoms with Crippen LogP contribution < -0.4 is 10.6 Å². The molecule has 0 saturated carbocycles. The highest BCUT2D eigenvalue weighted by molar-refractivity contribution is 6.30. The topological polar surface area (TPSA) is 80.5 Å². The maximum absolute atomic E-state index is 6.06. The number of aryl methyl sites for hydroxylation is 1. The third kappa shape index (κ3) is 4.93. The van der Waals surface area contributed by atoms with Crippen LogP contribution in [-0.2, 0) is 6.54 Å². The van der Waals surface area contributed by atoms with Gasteiger partial charge in [-0.2, -0.15) is 0 Å². The zero-order valence-corrected chi connectivity index (χ0v) is 17.3. The van der Waals surface area contributed by atoms with E-state index in [0.717, 1.165) is 47.8 Å². The Labute approximate surface area is 180 Å². The van der Waals surface area contributed by atoms with E-state index >= 15 is 0 Å². The first kappa shape index (κ1) is 19.8. The maximum Gasteiger partial charge on any atom is 0.227 e. The van der Waals surface area contributed by atoms with Gasteiger partial charge in [0.25, 0.3) is 0 Å². The SMILES string of the molecule is Cc1c(-c2ccnc(Nc3cccc(Cl)c3)n2)ccnc1NCCCn1ccnc1. The summed E-state index contributed by atoms with van der Waals surface area (Å²) in [6, 6.07) is 11.3. The number of imidazole rings is 1. The summed E-state index contributed by atoms with van der Waals surface area (Å²) in [4.78, 5) is 17.5. The minimum absolute atomic E-state index is 0.515. The first-order chi connectivity index (χ1) is 14.7. The number of rotatable bonds is 8. The summed E-state index contributed by atoms with van der Waals surface area (Å²) < 4.78 is 2.06. The summed E-state index contributed by atoms with van der Waals surface area (Å²) >= 11 is 6.06. The molecule has 3 heterocycles. The van der Waals surface area contributed by atoms with E-state index in [1.165, 1.54) is 0 Å². The van der Waals surface area contributed by atoms with E-state index in [0.29, 0.717) is 11.0 Å². The van der Waals surface area contributed by atoms with Crippen LogP contribution in [-0.4, -0.2) is 31.0 Å². The van der Waals surface area contributed by atoms with Gasteiger partial charge < -0.3 is 15.2 Å². The summed E-state index contributed by atoms with van der Waals surface area (Å²) in [6.07, 6.45) is 10.1. The van der Waals surface area contributed by atoms with Crippen LogP contribution in [0.15, 0.2) is 67.5 Å². The van der Waals surface area contributed by atoms with Crippen molar-refractivity contribution in [3.8, 4) is 11.3 Å². The number of benzene rings is 1. The lowest BCUT2D eigenvalue weighted by molar-refractivity contribution is 0.660. The summed E-state index contributed by atoms with van der Waals surface area (Å²) in [7, 11) is 0. The van der Waals surface area contributed by atoms with Crippen molar-refractivity contribution in [1.82, 2.24) is 24.5 Å². The summed E-state index contributed by atoms with van der Waals surface area (Å²) in [6.45, 7) is 3.78. The zero-order chi connectivity index (χ0) is 20.8. The van der Waals surface area contributed by atoms with E-state index in [9.17, 15) is 0 Å². The van der Waals surface area contributed by atoms with Gasteiger partial charge in [0.2, 0.25) is 5.95 Å². The van der Waals surface area contributed by atoms with Crippen molar-refractivity contribution in [2.24, 2.45) is 0 Å². The largest absolute Gasteiger partial charge is 0.370 e. The van der Waals surface area contributed by atoms with Crippen LogP contribution in [0.3, 0.4) is 0 Å². The van der Waals surface area contributed by atoms with Crippen molar-refractivity contribution in [2.75, 3.05) is 17.2 Å². The van der Waals surface area contributed by atoms with Gasteiger partial charge in [0.05, 0.1) is 12.0 Å². The Balaban J connectivity index is 1.46. The van der Waals surface area contributed by atoms with Gasteiger partial charge in [0.15, 0.2) is 0 Å². The van der Waals surface area contributed by atoms with E-state index in [-0.39, 0.29) is 0 Å². The minimum Gasteiger partial charge on any atom is -0.370 e. The highest BCUT2D eigenvalue weighted by Gasteiger charge is 2.10. The monoisotopic (exact) mass is 419 g/mol. The van der Waals surface area contributed by atoms with Gasteiger partial charge in [-0.1, -0.05) is 17.7 Å². The maximum atomic E-state index is 6.06. The van der Waals surface area contributed by atoms with Crippen LogP contribution in [0.1, 0.15) is 12.0 Å². The second kappa shape index (κ2) is 9.37. The molecule has 0 fully saturated rings. The summed E-state index contributed by atoms with van der Waals surface area (Å²) in [5, 5.41) is 7.28. The average molecular weight is 420 g/mol. The van der Waals surface area contributed by atoms with Gasteiger partial charge >= 0.3 is 0 Å². The summed E-state index contributed by atoms with van der Waals surface area (Å²) in [5.41, 5.74) is 3.73. The Bertz CT molecular complexity index is 1110. The molecule has 0 atom stereocenters. The van der Waals surface area contributed by atoms with Crippen LogP contribution in [0.25, 0.3) is 11.3 Å². The average Bonchev–Trinajstić information content (AvgIpc) is 3.26. The molecule has 0 saturated heterocycles. The number of pyridine rings is 1. The fourth-order valence-electron chi connectivity index (χ4n) is 3.14. The third-order valence-corrected chi connectivity index (χ3v) is 4.90. The molecule has 0 aliphatic rings.